The van der Waals surface area contributed by atoms with Crippen molar-refractivity contribution in [3.8, 4) is 6.07 Å². The van der Waals surface area contributed by atoms with Gasteiger partial charge in [-0.15, -0.1) is 0 Å². The third-order valence-electron chi connectivity index (χ3n) is 4.93. The number of nitrogens with zero attached hydrogens (tertiary/aromatic N) is 3. The number of carbonyl (C=O) groups excluding carboxylic acids is 2. The van der Waals surface area contributed by atoms with Gasteiger partial charge in [-0.25, -0.2) is 0 Å². The predicted octanol–water partition coefficient (Wildman–Crippen LogP) is 3.00. The summed E-state index contributed by atoms with van der Waals surface area (Å²) in [4.78, 5) is 29.0. The third kappa shape index (κ3) is 4.50. The lowest BCUT2D eigenvalue weighted by molar-refractivity contribution is -0.121. The Morgan fingerprint density at radius 2 is 1.71 bits per heavy atom. The fourth-order valence-corrected chi connectivity index (χ4v) is 3.31. The van der Waals surface area contributed by atoms with E-state index in [9.17, 15) is 9.59 Å². The minimum atomic E-state index is -0.362. The Morgan fingerprint density at radius 1 is 1.07 bits per heavy atom. The molecular weight excluding hydrogens is 376 g/mol. The highest BCUT2D eigenvalue weighted by Crippen LogP contribution is 2.17. The van der Waals surface area contributed by atoms with Crippen LogP contribution in [0, 0.1) is 11.3 Å². The van der Waals surface area contributed by atoms with Crippen LogP contribution in [0.4, 0.5) is 5.69 Å². The van der Waals surface area contributed by atoms with Gasteiger partial charge in [-0.3, -0.25) is 14.5 Å². The number of hydrogen-bond acceptors (Lipinski definition) is 4. The quantitative estimate of drug-likeness (QED) is 0.861. The van der Waals surface area contributed by atoms with Crippen molar-refractivity contribution in [2.24, 2.45) is 0 Å². The third-order valence-corrected chi connectivity index (χ3v) is 5.18. The number of nitriles is 1. The highest BCUT2D eigenvalue weighted by molar-refractivity contribution is 6.30. The summed E-state index contributed by atoms with van der Waals surface area (Å²) in [6.45, 7) is 4.14. The summed E-state index contributed by atoms with van der Waals surface area (Å²) < 4.78 is 0. The van der Waals surface area contributed by atoms with Crippen LogP contribution in [0.5, 0.6) is 0 Å². The van der Waals surface area contributed by atoms with Crippen LogP contribution in [0.3, 0.4) is 0 Å². The topological polar surface area (TPSA) is 76.4 Å². The Morgan fingerprint density at radius 3 is 2.36 bits per heavy atom. The number of carbonyl (C=O) groups is 2. The van der Waals surface area contributed by atoms with Crippen LogP contribution in [0.2, 0.25) is 5.02 Å². The van der Waals surface area contributed by atoms with Crippen LogP contribution in [0.15, 0.2) is 48.5 Å². The van der Waals surface area contributed by atoms with Crippen LogP contribution in [0.1, 0.15) is 22.8 Å². The molecule has 7 heteroatoms. The zero-order valence-corrected chi connectivity index (χ0v) is 16.3. The van der Waals surface area contributed by atoms with E-state index in [-0.39, 0.29) is 17.9 Å². The Balaban J connectivity index is 1.56. The molecule has 0 saturated carbocycles. The second-order valence-electron chi connectivity index (χ2n) is 6.66. The molecule has 28 heavy (non-hydrogen) atoms. The molecule has 1 unspecified atom stereocenters. The number of nitrogens with one attached hydrogen (secondary N) is 1. The molecule has 3 rings (SSSR count). The van der Waals surface area contributed by atoms with Crippen molar-refractivity contribution in [1.82, 2.24) is 9.80 Å². The van der Waals surface area contributed by atoms with Crippen LogP contribution in [-0.2, 0) is 4.79 Å². The minimum Gasteiger partial charge on any atom is -0.336 e. The van der Waals surface area contributed by atoms with Crippen molar-refractivity contribution in [2.45, 2.75) is 13.0 Å². The van der Waals surface area contributed by atoms with Gasteiger partial charge in [-0.2, -0.15) is 5.26 Å². The molecule has 144 valence electrons. The lowest BCUT2D eigenvalue weighted by Crippen LogP contribution is -2.54. The van der Waals surface area contributed by atoms with E-state index in [1.165, 1.54) is 0 Å². The van der Waals surface area contributed by atoms with E-state index in [0.717, 1.165) is 0 Å². The first kappa shape index (κ1) is 19.9. The molecule has 1 aliphatic rings. The number of amides is 2. The summed E-state index contributed by atoms with van der Waals surface area (Å²) in [5.74, 6) is -0.198. The van der Waals surface area contributed by atoms with Crippen LogP contribution >= 0.6 is 11.6 Å². The minimum absolute atomic E-state index is 0.0311. The molecular formula is C21H21ClN4O2. The molecule has 1 aliphatic heterocycles. The van der Waals surface area contributed by atoms with Crippen LogP contribution in [0.25, 0.3) is 0 Å². The smallest absolute Gasteiger partial charge is 0.253 e. The van der Waals surface area contributed by atoms with E-state index in [2.05, 4.69) is 11.4 Å². The van der Waals surface area contributed by atoms with E-state index in [1.54, 1.807) is 53.4 Å². The Bertz CT molecular complexity index is 899. The molecule has 1 N–H and O–H groups in total. The molecule has 1 atom stereocenters. The van der Waals surface area contributed by atoms with E-state index < -0.39 is 0 Å². The first-order valence-corrected chi connectivity index (χ1v) is 9.46. The Hall–Kier alpha value is -2.88. The normalized spacial score (nSPS) is 15.5. The molecule has 0 spiro atoms. The van der Waals surface area contributed by atoms with Gasteiger partial charge in [0.1, 0.15) is 6.07 Å². The number of hydrogen-bond donors (Lipinski definition) is 1. The Kier molecular flexibility index (Phi) is 6.30. The number of benzene rings is 2. The van der Waals surface area contributed by atoms with Gasteiger partial charge in [0.25, 0.3) is 5.91 Å². The van der Waals surface area contributed by atoms with Gasteiger partial charge in [0.15, 0.2) is 0 Å². The van der Waals surface area contributed by atoms with E-state index in [0.29, 0.717) is 48.0 Å². The second kappa shape index (κ2) is 8.87. The van der Waals surface area contributed by atoms with Gasteiger partial charge >= 0.3 is 0 Å². The van der Waals surface area contributed by atoms with Gasteiger partial charge in [0.05, 0.1) is 17.3 Å². The van der Waals surface area contributed by atoms with Crippen LogP contribution in [-0.4, -0.2) is 53.8 Å². The van der Waals surface area contributed by atoms with Gasteiger partial charge in [0, 0.05) is 36.8 Å². The van der Waals surface area contributed by atoms with Crippen molar-refractivity contribution in [2.75, 3.05) is 31.5 Å². The highest BCUT2D eigenvalue weighted by atomic mass is 35.5. The number of anilines is 1. The molecule has 0 aliphatic carbocycles. The zero-order chi connectivity index (χ0) is 20.1. The molecule has 6 nitrogen and oxygen atoms in total. The summed E-state index contributed by atoms with van der Waals surface area (Å²) in [7, 11) is 0. The highest BCUT2D eigenvalue weighted by Gasteiger charge is 2.28. The molecule has 1 heterocycles. The van der Waals surface area contributed by atoms with Gasteiger partial charge in [-0.1, -0.05) is 23.7 Å². The summed E-state index contributed by atoms with van der Waals surface area (Å²) in [5.41, 5.74) is 1.55. The van der Waals surface area contributed by atoms with Gasteiger partial charge < -0.3 is 10.2 Å². The van der Waals surface area contributed by atoms with E-state index >= 15 is 0 Å². The summed E-state index contributed by atoms with van der Waals surface area (Å²) in [5, 5.41) is 12.6. The van der Waals surface area contributed by atoms with E-state index in [4.69, 9.17) is 16.9 Å². The fraction of sp³-hybridized carbons (Fsp3) is 0.286. The maximum absolute atomic E-state index is 12.6. The first-order valence-electron chi connectivity index (χ1n) is 9.08. The SMILES string of the molecule is CC(C(=O)Nc1ccccc1C#N)N1CCN(C(=O)c2ccc(Cl)cc2)CC1. The molecule has 1 saturated heterocycles. The maximum Gasteiger partial charge on any atom is 0.253 e. The molecule has 2 amide bonds. The average Bonchev–Trinajstić information content (AvgIpc) is 2.73. The summed E-state index contributed by atoms with van der Waals surface area (Å²) in [6.07, 6.45) is 0. The summed E-state index contributed by atoms with van der Waals surface area (Å²) >= 11 is 5.88. The van der Waals surface area contributed by atoms with Crippen molar-refractivity contribution < 1.29 is 9.59 Å². The molecule has 1 fully saturated rings. The van der Waals surface area contributed by atoms with Gasteiger partial charge in [0.2, 0.25) is 5.91 Å². The largest absolute Gasteiger partial charge is 0.336 e. The average molecular weight is 397 g/mol. The molecule has 0 bridgehead atoms. The second-order valence-corrected chi connectivity index (χ2v) is 7.09. The van der Waals surface area contributed by atoms with Gasteiger partial charge in [-0.05, 0) is 43.3 Å². The van der Waals surface area contributed by atoms with Crippen molar-refractivity contribution in [3.63, 3.8) is 0 Å². The van der Waals surface area contributed by atoms with Crippen molar-refractivity contribution in [1.29, 1.82) is 5.26 Å². The summed E-state index contributed by atoms with van der Waals surface area (Å²) in [6, 6.07) is 15.5. The van der Waals surface area contributed by atoms with E-state index in [1.807, 2.05) is 11.8 Å². The van der Waals surface area contributed by atoms with Crippen LogP contribution < -0.4 is 5.32 Å². The van der Waals surface area contributed by atoms with Crippen molar-refractivity contribution in [3.05, 3.63) is 64.7 Å². The number of rotatable bonds is 4. The molecule has 2 aromatic carbocycles. The molecule has 2 aromatic rings. The monoisotopic (exact) mass is 396 g/mol. The fourth-order valence-electron chi connectivity index (χ4n) is 3.18. The maximum atomic E-state index is 12.6. The molecule has 0 radical (unpaired) electrons. The lowest BCUT2D eigenvalue weighted by Gasteiger charge is -2.37. The van der Waals surface area contributed by atoms with Crippen molar-refractivity contribution >= 4 is 29.1 Å². The standard InChI is InChI=1S/C21H21ClN4O2/c1-15(20(27)24-19-5-3-2-4-17(19)14-23)25-10-12-26(13-11-25)21(28)16-6-8-18(22)9-7-16/h2-9,15H,10-13H2,1H3,(H,24,27). The zero-order valence-electron chi connectivity index (χ0n) is 15.6. The predicted molar refractivity (Wildman–Crippen MR) is 108 cm³/mol. The first-order chi connectivity index (χ1) is 13.5. The number of piperazine rings is 1. The number of para-hydroxylation sites is 1. The lowest BCUT2D eigenvalue weighted by atomic mass is 10.1. The number of halogens is 1. The Labute approximate surface area is 169 Å². The molecule has 0 aromatic heterocycles.